The molecular formula is C23H23N5O2S2. The Labute approximate surface area is 193 Å². The van der Waals surface area contributed by atoms with Gasteiger partial charge < -0.3 is 10.3 Å². The summed E-state index contributed by atoms with van der Waals surface area (Å²) in [4.78, 5) is 34.6. The minimum absolute atomic E-state index is 0.0394. The molecule has 0 aliphatic heterocycles. The van der Waals surface area contributed by atoms with Crippen LogP contribution >= 0.6 is 23.1 Å². The van der Waals surface area contributed by atoms with Crippen molar-refractivity contribution in [2.24, 2.45) is 0 Å². The van der Waals surface area contributed by atoms with Gasteiger partial charge in [-0.05, 0) is 42.0 Å². The van der Waals surface area contributed by atoms with Crippen LogP contribution in [-0.4, -0.2) is 31.4 Å². The van der Waals surface area contributed by atoms with Gasteiger partial charge in [-0.2, -0.15) is 5.10 Å². The van der Waals surface area contributed by atoms with Crippen LogP contribution in [0.3, 0.4) is 0 Å². The van der Waals surface area contributed by atoms with Gasteiger partial charge in [-0.15, -0.1) is 23.1 Å². The van der Waals surface area contributed by atoms with E-state index in [1.165, 1.54) is 22.2 Å². The van der Waals surface area contributed by atoms with E-state index in [1.807, 2.05) is 35.1 Å². The number of hydrogen-bond donors (Lipinski definition) is 2. The first-order chi connectivity index (χ1) is 15.7. The summed E-state index contributed by atoms with van der Waals surface area (Å²) in [6, 6.07) is 9.94. The molecule has 3 heterocycles. The first-order valence-corrected chi connectivity index (χ1v) is 12.6. The highest BCUT2D eigenvalue weighted by atomic mass is 32.2. The maximum absolute atomic E-state index is 12.5. The molecule has 1 amide bonds. The van der Waals surface area contributed by atoms with E-state index in [4.69, 9.17) is 0 Å². The Kier molecular flexibility index (Phi) is 6.09. The number of hydrogen-bond acceptors (Lipinski definition) is 6. The van der Waals surface area contributed by atoms with E-state index in [9.17, 15) is 9.59 Å². The number of aromatic nitrogens is 4. The molecule has 0 unspecified atom stereocenters. The zero-order valence-electron chi connectivity index (χ0n) is 17.5. The largest absolute Gasteiger partial charge is 0.351 e. The van der Waals surface area contributed by atoms with Gasteiger partial charge in [-0.25, -0.2) is 4.98 Å². The van der Waals surface area contributed by atoms with E-state index >= 15 is 0 Å². The molecule has 3 aromatic heterocycles. The van der Waals surface area contributed by atoms with Crippen molar-refractivity contribution in [2.45, 2.75) is 38.1 Å². The van der Waals surface area contributed by atoms with Gasteiger partial charge in [-0.1, -0.05) is 24.3 Å². The Morgan fingerprint density at radius 3 is 2.94 bits per heavy atom. The molecule has 0 spiro atoms. The topological polar surface area (TPSA) is 92.7 Å². The number of carbonyl (C=O) groups excluding carboxylic acids is 1. The van der Waals surface area contributed by atoms with Crippen molar-refractivity contribution in [3.63, 3.8) is 0 Å². The standard InChI is InChI=1S/C23H23N5O2S2/c29-20(24-11-15-5-1-2-6-16(15)12-28-10-4-9-25-28)14-31-13-19-26-22(30)21-17-7-3-8-18(17)32-23(21)27-19/h1-2,4-6,9-10H,3,7-8,11-14H2,(H,24,29)(H,26,27,30). The van der Waals surface area contributed by atoms with Crippen LogP contribution in [0.5, 0.6) is 0 Å². The SMILES string of the molecule is O=C(CSCc1nc2sc3c(c2c(=O)[nH]1)CCC3)NCc1ccccc1Cn1cccn1. The summed E-state index contributed by atoms with van der Waals surface area (Å²) in [5, 5.41) is 8.01. The number of thiophene rings is 1. The second-order valence-corrected chi connectivity index (χ2v) is 9.86. The molecule has 32 heavy (non-hydrogen) atoms. The van der Waals surface area contributed by atoms with Gasteiger partial charge in [0.2, 0.25) is 5.91 Å². The third-order valence-electron chi connectivity index (χ3n) is 5.58. The normalized spacial score (nSPS) is 12.9. The number of benzene rings is 1. The fraction of sp³-hybridized carbons (Fsp3) is 0.304. The molecule has 0 fully saturated rings. The number of fused-ring (bicyclic) bond motifs is 3. The highest BCUT2D eigenvalue weighted by Gasteiger charge is 2.21. The van der Waals surface area contributed by atoms with Crippen molar-refractivity contribution in [1.29, 1.82) is 0 Å². The highest BCUT2D eigenvalue weighted by Crippen LogP contribution is 2.34. The molecule has 1 aliphatic carbocycles. The van der Waals surface area contributed by atoms with Gasteiger partial charge in [0.15, 0.2) is 0 Å². The lowest BCUT2D eigenvalue weighted by Crippen LogP contribution is -2.25. The molecule has 2 N–H and O–H groups in total. The quantitative estimate of drug-likeness (QED) is 0.417. The fourth-order valence-corrected chi connectivity index (χ4v) is 6.05. The van der Waals surface area contributed by atoms with Crippen LogP contribution in [0, 0.1) is 0 Å². The van der Waals surface area contributed by atoms with Gasteiger partial charge >= 0.3 is 0 Å². The van der Waals surface area contributed by atoms with Crippen molar-refractivity contribution in [2.75, 3.05) is 5.75 Å². The van der Waals surface area contributed by atoms with Gasteiger partial charge in [-0.3, -0.25) is 14.3 Å². The maximum atomic E-state index is 12.5. The Morgan fingerprint density at radius 2 is 2.09 bits per heavy atom. The van der Waals surface area contributed by atoms with Crippen LogP contribution in [0.15, 0.2) is 47.5 Å². The summed E-state index contributed by atoms with van der Waals surface area (Å²) in [6.07, 6.45) is 6.82. The summed E-state index contributed by atoms with van der Waals surface area (Å²) in [6.45, 7) is 1.14. The molecule has 9 heteroatoms. The molecule has 0 saturated carbocycles. The number of thioether (sulfide) groups is 1. The summed E-state index contributed by atoms with van der Waals surface area (Å²) < 4.78 is 1.86. The molecule has 1 aromatic carbocycles. The third-order valence-corrected chi connectivity index (χ3v) is 7.71. The Morgan fingerprint density at radius 1 is 1.22 bits per heavy atom. The van der Waals surface area contributed by atoms with Crippen molar-refractivity contribution >= 4 is 39.2 Å². The number of rotatable bonds is 8. The van der Waals surface area contributed by atoms with Gasteiger partial charge in [0.25, 0.3) is 5.56 Å². The minimum atomic E-state index is -0.0526. The highest BCUT2D eigenvalue weighted by molar-refractivity contribution is 7.99. The van der Waals surface area contributed by atoms with Crippen LogP contribution < -0.4 is 10.9 Å². The lowest BCUT2D eigenvalue weighted by molar-refractivity contribution is -0.118. The summed E-state index contributed by atoms with van der Waals surface area (Å²) >= 11 is 3.09. The first-order valence-electron chi connectivity index (χ1n) is 10.6. The predicted octanol–water partition coefficient (Wildman–Crippen LogP) is 3.27. The number of nitrogens with zero attached hydrogens (tertiary/aromatic N) is 3. The molecular weight excluding hydrogens is 442 g/mol. The van der Waals surface area contributed by atoms with Crippen molar-refractivity contribution in [3.8, 4) is 0 Å². The number of amides is 1. The lowest BCUT2D eigenvalue weighted by atomic mass is 10.1. The summed E-state index contributed by atoms with van der Waals surface area (Å²) in [5.74, 6) is 1.40. The molecule has 4 aromatic rings. The smallest absolute Gasteiger partial charge is 0.259 e. The van der Waals surface area contributed by atoms with E-state index in [2.05, 4.69) is 26.4 Å². The molecule has 1 aliphatic rings. The maximum Gasteiger partial charge on any atom is 0.259 e. The van der Waals surface area contributed by atoms with E-state index in [-0.39, 0.29) is 11.5 Å². The predicted molar refractivity (Wildman–Crippen MR) is 128 cm³/mol. The number of nitrogens with one attached hydrogen (secondary N) is 2. The summed E-state index contributed by atoms with van der Waals surface area (Å²) in [7, 11) is 0. The minimum Gasteiger partial charge on any atom is -0.351 e. The second-order valence-electron chi connectivity index (χ2n) is 7.79. The Bertz CT molecular complexity index is 1310. The molecule has 0 bridgehead atoms. The van der Waals surface area contributed by atoms with Crippen LogP contribution in [0.4, 0.5) is 0 Å². The Balaban J connectivity index is 1.15. The molecule has 0 atom stereocenters. The van der Waals surface area contributed by atoms with Crippen LogP contribution in [0.1, 0.15) is 33.8 Å². The fourth-order valence-electron chi connectivity index (χ4n) is 4.05. The van der Waals surface area contributed by atoms with Crippen molar-refractivity contribution in [1.82, 2.24) is 25.1 Å². The second kappa shape index (κ2) is 9.30. The number of aryl methyl sites for hydroxylation is 2. The average molecular weight is 466 g/mol. The van der Waals surface area contributed by atoms with Crippen LogP contribution in [0.25, 0.3) is 10.2 Å². The van der Waals surface area contributed by atoms with Crippen LogP contribution in [-0.2, 0) is 36.5 Å². The average Bonchev–Trinajstić information content (AvgIpc) is 3.51. The molecule has 7 nitrogen and oxygen atoms in total. The van der Waals surface area contributed by atoms with E-state index < -0.39 is 0 Å². The van der Waals surface area contributed by atoms with E-state index in [1.54, 1.807) is 17.5 Å². The van der Waals surface area contributed by atoms with E-state index in [0.717, 1.165) is 40.6 Å². The molecule has 0 radical (unpaired) electrons. The molecule has 0 saturated heterocycles. The molecule has 5 rings (SSSR count). The zero-order valence-corrected chi connectivity index (χ0v) is 19.1. The number of aromatic amines is 1. The van der Waals surface area contributed by atoms with Crippen molar-refractivity contribution in [3.05, 3.63) is 80.5 Å². The van der Waals surface area contributed by atoms with Crippen molar-refractivity contribution < 1.29 is 4.79 Å². The zero-order chi connectivity index (χ0) is 21.9. The number of carbonyl (C=O) groups is 1. The summed E-state index contributed by atoms with van der Waals surface area (Å²) in [5.41, 5.74) is 3.33. The van der Waals surface area contributed by atoms with Gasteiger partial charge in [0.05, 0.1) is 23.4 Å². The first kappa shape index (κ1) is 21.0. The van der Waals surface area contributed by atoms with Gasteiger partial charge in [0, 0.05) is 23.8 Å². The third kappa shape index (κ3) is 4.49. The number of H-pyrrole nitrogens is 1. The molecule has 164 valence electrons. The van der Waals surface area contributed by atoms with Crippen LogP contribution in [0.2, 0.25) is 0 Å². The Hall–Kier alpha value is -2.91. The monoisotopic (exact) mass is 465 g/mol. The van der Waals surface area contributed by atoms with Gasteiger partial charge in [0.1, 0.15) is 10.7 Å². The lowest BCUT2D eigenvalue weighted by Gasteiger charge is -2.11. The van der Waals surface area contributed by atoms with E-state index in [0.29, 0.717) is 30.4 Å².